The van der Waals surface area contributed by atoms with Gasteiger partial charge in [0.2, 0.25) is 0 Å². The molecule has 0 saturated carbocycles. The van der Waals surface area contributed by atoms with Crippen molar-refractivity contribution < 1.29 is 13.2 Å². The van der Waals surface area contributed by atoms with E-state index in [0.29, 0.717) is 6.54 Å². The van der Waals surface area contributed by atoms with Crippen molar-refractivity contribution in [3.63, 3.8) is 0 Å². The zero-order chi connectivity index (χ0) is 13.9. The van der Waals surface area contributed by atoms with E-state index in [1.165, 1.54) is 18.4 Å². The second kappa shape index (κ2) is 5.48. The van der Waals surface area contributed by atoms with Crippen molar-refractivity contribution in [3.8, 4) is 0 Å². The van der Waals surface area contributed by atoms with Gasteiger partial charge in [-0.1, -0.05) is 0 Å². The Kier molecular flexibility index (Phi) is 3.94. The number of hydrogen-bond donors (Lipinski definition) is 2. The summed E-state index contributed by atoms with van der Waals surface area (Å²) in [7, 11) is 1.53. The average molecular weight is 287 g/mol. The number of nitrogens with one attached hydrogen (secondary N) is 2. The molecule has 0 aliphatic heterocycles. The van der Waals surface area contributed by atoms with Crippen LogP contribution in [0.1, 0.15) is 11.1 Å². The Hall–Kier alpha value is -1.76. The summed E-state index contributed by atoms with van der Waals surface area (Å²) in [6, 6.07) is 3.90. The molecule has 7 heteroatoms. The molecule has 0 aromatic carbocycles. The molecule has 0 amide bonds. The first-order valence-electron chi connectivity index (χ1n) is 5.51. The summed E-state index contributed by atoms with van der Waals surface area (Å²) in [5, 5.41) is 9.36. The highest BCUT2D eigenvalue weighted by Gasteiger charge is 2.31. The van der Waals surface area contributed by atoms with Crippen molar-refractivity contribution in [2.24, 2.45) is 0 Å². The maximum atomic E-state index is 12.7. The molecule has 102 valence electrons. The Morgan fingerprint density at radius 2 is 2.00 bits per heavy atom. The van der Waals surface area contributed by atoms with Crippen LogP contribution in [0, 0.1) is 0 Å². The summed E-state index contributed by atoms with van der Waals surface area (Å²) >= 11 is 1.54. The Morgan fingerprint density at radius 1 is 1.26 bits per heavy atom. The maximum Gasteiger partial charge on any atom is 0.416 e. The highest BCUT2D eigenvalue weighted by atomic mass is 32.1. The van der Waals surface area contributed by atoms with Crippen molar-refractivity contribution in [2.75, 3.05) is 17.7 Å². The van der Waals surface area contributed by atoms with Gasteiger partial charge in [0.15, 0.2) is 0 Å². The highest BCUT2D eigenvalue weighted by molar-refractivity contribution is 7.07. The molecule has 0 atom stereocenters. The third-order valence-electron chi connectivity index (χ3n) is 2.46. The Balaban J connectivity index is 2.19. The van der Waals surface area contributed by atoms with Gasteiger partial charge in [0.25, 0.3) is 0 Å². The molecule has 2 rings (SSSR count). The third-order valence-corrected chi connectivity index (χ3v) is 3.19. The third kappa shape index (κ3) is 3.60. The predicted octanol–water partition coefficient (Wildman–Crippen LogP) is 3.82. The predicted molar refractivity (Wildman–Crippen MR) is 70.4 cm³/mol. The highest BCUT2D eigenvalue weighted by Crippen LogP contribution is 2.32. The van der Waals surface area contributed by atoms with Crippen molar-refractivity contribution in [1.82, 2.24) is 4.98 Å². The monoisotopic (exact) mass is 287 g/mol. The number of thiophene rings is 1. The second-order valence-electron chi connectivity index (χ2n) is 3.86. The van der Waals surface area contributed by atoms with Gasteiger partial charge in [0.05, 0.1) is 5.56 Å². The number of anilines is 2. The summed E-state index contributed by atoms with van der Waals surface area (Å²) in [6.07, 6.45) is -4.38. The first kappa shape index (κ1) is 13.7. The smallest absolute Gasteiger partial charge is 0.373 e. The van der Waals surface area contributed by atoms with Gasteiger partial charge in [-0.05, 0) is 34.5 Å². The molecular weight excluding hydrogens is 275 g/mol. The topological polar surface area (TPSA) is 37.0 Å². The van der Waals surface area contributed by atoms with E-state index in [-0.39, 0.29) is 11.6 Å². The van der Waals surface area contributed by atoms with E-state index in [1.807, 2.05) is 16.8 Å². The molecule has 2 aromatic rings. The normalized spacial score (nSPS) is 11.4. The molecule has 0 radical (unpaired) electrons. The number of alkyl halides is 3. The zero-order valence-electron chi connectivity index (χ0n) is 10.1. The maximum absolute atomic E-state index is 12.7. The molecule has 3 nitrogen and oxygen atoms in total. The molecule has 0 saturated heterocycles. The number of halogens is 3. The first-order valence-corrected chi connectivity index (χ1v) is 6.45. The van der Waals surface area contributed by atoms with Crippen LogP contribution in [0.15, 0.2) is 29.0 Å². The number of rotatable bonds is 4. The molecule has 2 N–H and O–H groups in total. The van der Waals surface area contributed by atoms with Gasteiger partial charge in [0, 0.05) is 13.6 Å². The van der Waals surface area contributed by atoms with Crippen LogP contribution in [0.5, 0.6) is 0 Å². The van der Waals surface area contributed by atoms with Crippen LogP contribution in [0.4, 0.5) is 24.8 Å². The average Bonchev–Trinajstić information content (AvgIpc) is 2.88. The van der Waals surface area contributed by atoms with Crippen LogP contribution in [-0.4, -0.2) is 12.0 Å². The quantitative estimate of drug-likeness (QED) is 0.897. The fourth-order valence-corrected chi connectivity index (χ4v) is 2.17. The van der Waals surface area contributed by atoms with Gasteiger partial charge in [0.1, 0.15) is 11.6 Å². The van der Waals surface area contributed by atoms with Crippen molar-refractivity contribution >= 4 is 23.0 Å². The summed E-state index contributed by atoms with van der Waals surface area (Å²) in [5.41, 5.74) is 0.287. The molecule has 0 unspecified atom stereocenters. The minimum atomic E-state index is -4.38. The summed E-state index contributed by atoms with van der Waals surface area (Å²) < 4.78 is 38.1. The van der Waals surface area contributed by atoms with E-state index in [1.54, 1.807) is 0 Å². The lowest BCUT2D eigenvalue weighted by Gasteiger charge is -2.12. The number of aromatic nitrogens is 1. The molecular formula is C12H12F3N3S. The van der Waals surface area contributed by atoms with Gasteiger partial charge in [-0.2, -0.15) is 24.5 Å². The molecule has 0 spiro atoms. The summed E-state index contributed by atoms with van der Waals surface area (Å²) in [4.78, 5) is 4.05. The number of hydrogen-bond acceptors (Lipinski definition) is 4. The second-order valence-corrected chi connectivity index (χ2v) is 4.64. The van der Waals surface area contributed by atoms with Crippen LogP contribution in [0.3, 0.4) is 0 Å². The molecule has 19 heavy (non-hydrogen) atoms. The Labute approximate surface area is 112 Å². The minimum Gasteiger partial charge on any atom is -0.373 e. The lowest BCUT2D eigenvalue weighted by molar-refractivity contribution is -0.137. The van der Waals surface area contributed by atoms with Crippen molar-refractivity contribution in [1.29, 1.82) is 0 Å². The molecule has 0 bridgehead atoms. The van der Waals surface area contributed by atoms with E-state index in [9.17, 15) is 13.2 Å². The van der Waals surface area contributed by atoms with Gasteiger partial charge >= 0.3 is 6.18 Å². The largest absolute Gasteiger partial charge is 0.416 e. The number of nitrogens with zero attached hydrogens (tertiary/aromatic N) is 1. The van der Waals surface area contributed by atoms with Crippen LogP contribution >= 0.6 is 11.3 Å². The summed E-state index contributed by atoms with van der Waals surface area (Å²) in [6.45, 7) is 0.445. The SMILES string of the molecule is CNc1cc(C(F)(F)F)cc(NCc2ccsc2)n1. The molecule has 0 fully saturated rings. The van der Waals surface area contributed by atoms with Gasteiger partial charge in [-0.15, -0.1) is 0 Å². The molecule has 2 aromatic heterocycles. The van der Waals surface area contributed by atoms with Crippen molar-refractivity contribution in [3.05, 3.63) is 40.1 Å². The molecule has 0 aliphatic rings. The minimum absolute atomic E-state index is 0.183. The molecule has 2 heterocycles. The van der Waals surface area contributed by atoms with E-state index in [2.05, 4.69) is 15.6 Å². The fraction of sp³-hybridized carbons (Fsp3) is 0.250. The van der Waals surface area contributed by atoms with E-state index < -0.39 is 11.7 Å². The lowest BCUT2D eigenvalue weighted by atomic mass is 10.2. The standard InChI is InChI=1S/C12H12F3N3S/c1-16-10-4-9(12(13,14)15)5-11(18-10)17-6-8-2-3-19-7-8/h2-5,7H,6H2,1H3,(H2,16,17,18). The number of pyridine rings is 1. The van der Waals surface area contributed by atoms with E-state index in [0.717, 1.165) is 17.7 Å². The lowest BCUT2D eigenvalue weighted by Crippen LogP contribution is -2.09. The van der Waals surface area contributed by atoms with Crippen molar-refractivity contribution in [2.45, 2.75) is 12.7 Å². The fourth-order valence-electron chi connectivity index (χ4n) is 1.50. The van der Waals surface area contributed by atoms with Gasteiger partial charge in [-0.3, -0.25) is 0 Å². The van der Waals surface area contributed by atoms with Gasteiger partial charge in [-0.25, -0.2) is 4.98 Å². The van der Waals surface area contributed by atoms with Crippen LogP contribution in [-0.2, 0) is 12.7 Å². The Morgan fingerprint density at radius 3 is 2.58 bits per heavy atom. The molecule has 0 aliphatic carbocycles. The Bertz CT molecular complexity index is 538. The van der Waals surface area contributed by atoms with Crippen LogP contribution in [0.25, 0.3) is 0 Å². The van der Waals surface area contributed by atoms with Crippen LogP contribution < -0.4 is 10.6 Å². The van der Waals surface area contributed by atoms with Gasteiger partial charge < -0.3 is 10.6 Å². The van der Waals surface area contributed by atoms with E-state index in [4.69, 9.17) is 0 Å². The first-order chi connectivity index (χ1) is 8.99. The van der Waals surface area contributed by atoms with Crippen LogP contribution in [0.2, 0.25) is 0 Å². The summed E-state index contributed by atoms with van der Waals surface area (Å²) in [5.74, 6) is 0.382. The van der Waals surface area contributed by atoms with E-state index >= 15 is 0 Å². The zero-order valence-corrected chi connectivity index (χ0v) is 10.9.